The Hall–Kier alpha value is -4.23. The van der Waals surface area contributed by atoms with E-state index in [9.17, 15) is 0 Å². The van der Waals surface area contributed by atoms with Gasteiger partial charge in [-0.25, -0.2) is 4.98 Å². The second-order valence-corrected chi connectivity index (χ2v) is 10.1. The highest BCUT2D eigenvalue weighted by Crippen LogP contribution is 2.36. The number of aromatic amines is 2. The largest absolute Gasteiger partial charge is 0.358 e. The third kappa shape index (κ3) is 3.60. The average molecular weight is 489 g/mol. The summed E-state index contributed by atoms with van der Waals surface area (Å²) in [6.07, 6.45) is 7.39. The number of fused-ring (bicyclic) bond motifs is 2. The zero-order valence-corrected chi connectivity index (χ0v) is 20.4. The summed E-state index contributed by atoms with van der Waals surface area (Å²) in [5.41, 5.74) is 10.8. The number of hydrogen-bond donors (Lipinski definition) is 3. The Morgan fingerprint density at radius 1 is 1.03 bits per heavy atom. The van der Waals surface area contributed by atoms with E-state index < -0.39 is 0 Å². The first kappa shape index (κ1) is 21.1. The van der Waals surface area contributed by atoms with Gasteiger partial charge in [0.2, 0.25) is 0 Å². The molecule has 0 amide bonds. The highest BCUT2D eigenvalue weighted by atomic mass is 32.1. The zero-order valence-electron chi connectivity index (χ0n) is 19.6. The van der Waals surface area contributed by atoms with Gasteiger partial charge < -0.3 is 10.3 Å². The van der Waals surface area contributed by atoms with Crippen molar-refractivity contribution in [1.82, 2.24) is 25.1 Å². The smallest absolute Gasteiger partial charge is 0.135 e. The van der Waals surface area contributed by atoms with Crippen LogP contribution in [0.2, 0.25) is 0 Å². The van der Waals surface area contributed by atoms with E-state index in [0.29, 0.717) is 5.92 Å². The van der Waals surface area contributed by atoms with E-state index in [-0.39, 0.29) is 0 Å². The quantitative estimate of drug-likeness (QED) is 0.225. The summed E-state index contributed by atoms with van der Waals surface area (Å²) in [6.45, 7) is 4.22. The molecule has 6 nitrogen and oxygen atoms in total. The lowest BCUT2D eigenvalue weighted by atomic mass is 9.83. The van der Waals surface area contributed by atoms with E-state index in [1.807, 2.05) is 24.5 Å². The molecule has 36 heavy (non-hydrogen) atoms. The van der Waals surface area contributed by atoms with Crippen molar-refractivity contribution in [2.45, 2.75) is 19.3 Å². The summed E-state index contributed by atoms with van der Waals surface area (Å²) in [4.78, 5) is 13.0. The van der Waals surface area contributed by atoms with Crippen LogP contribution in [0.5, 0.6) is 0 Å². The van der Waals surface area contributed by atoms with Gasteiger partial charge in [-0.15, -0.1) is 0 Å². The number of benzene rings is 1. The van der Waals surface area contributed by atoms with Crippen LogP contribution in [0.1, 0.15) is 19.3 Å². The molecule has 0 spiro atoms. The molecule has 0 atom stereocenters. The van der Waals surface area contributed by atoms with Crippen LogP contribution in [-0.2, 0) is 0 Å². The van der Waals surface area contributed by atoms with Crippen LogP contribution in [0, 0.1) is 5.92 Å². The fraction of sp³-hybridized carbons (Fsp3) is 0.138. The van der Waals surface area contributed by atoms with E-state index in [1.165, 1.54) is 35.8 Å². The van der Waals surface area contributed by atoms with Gasteiger partial charge in [0.1, 0.15) is 11.2 Å². The standard InChI is InChI=1S/C29H24N6S/c1-17(18-4-2-5-18)31-21-12-20(14-30-15-21)24-8-9-26-28(33-24)29(35-34-26)27-13-23-22(19-10-11-36-16-19)6-3-7-25(23)32-27/h3,6-16,18,31-32H,1-2,4-5H2,(H,34,35). The lowest BCUT2D eigenvalue weighted by molar-refractivity contribution is 0.371. The summed E-state index contributed by atoms with van der Waals surface area (Å²) < 4.78 is 0. The minimum Gasteiger partial charge on any atom is -0.358 e. The molecule has 7 heteroatoms. The number of anilines is 1. The number of rotatable bonds is 6. The average Bonchev–Trinajstić information content (AvgIpc) is 3.61. The van der Waals surface area contributed by atoms with Gasteiger partial charge in [0.25, 0.3) is 0 Å². The summed E-state index contributed by atoms with van der Waals surface area (Å²) in [5, 5.41) is 16.7. The minimum atomic E-state index is 0.563. The number of allylic oxidation sites excluding steroid dienone is 1. The molecule has 0 aliphatic heterocycles. The van der Waals surface area contributed by atoms with Crippen LogP contribution in [0.25, 0.3) is 55.7 Å². The van der Waals surface area contributed by atoms with Crippen LogP contribution in [-0.4, -0.2) is 25.1 Å². The van der Waals surface area contributed by atoms with E-state index >= 15 is 0 Å². The van der Waals surface area contributed by atoms with Crippen LogP contribution >= 0.6 is 11.3 Å². The highest BCUT2D eigenvalue weighted by Gasteiger charge is 2.21. The van der Waals surface area contributed by atoms with Crippen LogP contribution < -0.4 is 5.32 Å². The molecule has 0 radical (unpaired) electrons. The molecule has 6 aromatic rings. The van der Waals surface area contributed by atoms with Gasteiger partial charge in [0, 0.05) is 28.4 Å². The molecule has 0 bridgehead atoms. The Balaban J connectivity index is 1.26. The lowest BCUT2D eigenvalue weighted by Crippen LogP contribution is -2.18. The molecule has 1 saturated carbocycles. The van der Waals surface area contributed by atoms with E-state index in [0.717, 1.165) is 50.6 Å². The molecule has 1 aliphatic rings. The Labute approximate surface area is 212 Å². The van der Waals surface area contributed by atoms with Gasteiger partial charge in [-0.3, -0.25) is 10.1 Å². The predicted molar refractivity (Wildman–Crippen MR) is 148 cm³/mol. The number of hydrogen-bond acceptors (Lipinski definition) is 5. The fourth-order valence-corrected chi connectivity index (χ4v) is 5.55. The summed E-state index contributed by atoms with van der Waals surface area (Å²) in [7, 11) is 0. The highest BCUT2D eigenvalue weighted by molar-refractivity contribution is 7.08. The second-order valence-electron chi connectivity index (χ2n) is 9.37. The van der Waals surface area contributed by atoms with Crippen LogP contribution in [0.3, 0.4) is 0 Å². The zero-order chi connectivity index (χ0) is 24.1. The first-order valence-electron chi connectivity index (χ1n) is 12.1. The van der Waals surface area contributed by atoms with Crippen LogP contribution in [0.15, 0.2) is 84.0 Å². The van der Waals surface area contributed by atoms with Crippen molar-refractivity contribution in [3.63, 3.8) is 0 Å². The Morgan fingerprint density at radius 3 is 2.81 bits per heavy atom. The number of nitrogens with zero attached hydrogens (tertiary/aromatic N) is 3. The summed E-state index contributed by atoms with van der Waals surface area (Å²) in [5.74, 6) is 0.563. The molecule has 0 unspecified atom stereocenters. The van der Waals surface area contributed by atoms with Gasteiger partial charge in [-0.1, -0.05) is 25.1 Å². The van der Waals surface area contributed by atoms with Gasteiger partial charge in [-0.05, 0) is 77.0 Å². The summed E-state index contributed by atoms with van der Waals surface area (Å²) in [6, 6.07) is 16.8. The van der Waals surface area contributed by atoms with Crippen molar-refractivity contribution in [1.29, 1.82) is 0 Å². The van der Waals surface area contributed by atoms with E-state index in [1.54, 1.807) is 11.3 Å². The first-order chi connectivity index (χ1) is 17.7. The molecule has 7 rings (SSSR count). The molecular weight excluding hydrogens is 464 g/mol. The summed E-state index contributed by atoms with van der Waals surface area (Å²) >= 11 is 1.71. The maximum absolute atomic E-state index is 5.00. The van der Waals surface area contributed by atoms with Gasteiger partial charge >= 0.3 is 0 Å². The fourth-order valence-electron chi connectivity index (χ4n) is 4.89. The second kappa shape index (κ2) is 8.46. The van der Waals surface area contributed by atoms with Crippen molar-refractivity contribution in [3.8, 4) is 33.8 Å². The SMILES string of the molecule is C=C(Nc1cncc(-c2ccc3[nH]nc(-c4cc5c(-c6ccsc6)cccc5[nH]4)c3n2)c1)C1CCC1. The molecule has 5 aromatic heterocycles. The van der Waals surface area contributed by atoms with Crippen molar-refractivity contribution in [2.75, 3.05) is 5.32 Å². The molecule has 176 valence electrons. The van der Waals surface area contributed by atoms with Crippen molar-refractivity contribution in [2.24, 2.45) is 5.92 Å². The Morgan fingerprint density at radius 2 is 1.97 bits per heavy atom. The maximum Gasteiger partial charge on any atom is 0.135 e. The Kier molecular flexibility index (Phi) is 4.96. The number of pyridine rings is 2. The van der Waals surface area contributed by atoms with Gasteiger partial charge in [0.05, 0.1) is 28.8 Å². The topological polar surface area (TPSA) is 82.3 Å². The van der Waals surface area contributed by atoms with E-state index in [4.69, 9.17) is 4.98 Å². The number of aromatic nitrogens is 5. The molecule has 1 fully saturated rings. The maximum atomic E-state index is 5.00. The molecule has 0 saturated heterocycles. The van der Waals surface area contributed by atoms with Crippen molar-refractivity contribution < 1.29 is 0 Å². The number of thiophene rings is 1. The van der Waals surface area contributed by atoms with Crippen LogP contribution in [0.4, 0.5) is 5.69 Å². The molecule has 1 aromatic carbocycles. The molecule has 5 heterocycles. The normalized spacial score (nSPS) is 13.8. The van der Waals surface area contributed by atoms with E-state index in [2.05, 4.69) is 79.2 Å². The monoisotopic (exact) mass is 488 g/mol. The first-order valence-corrected chi connectivity index (χ1v) is 13.1. The number of nitrogens with one attached hydrogen (secondary N) is 3. The van der Waals surface area contributed by atoms with Crippen molar-refractivity contribution >= 4 is 39.0 Å². The van der Waals surface area contributed by atoms with Gasteiger partial charge in [-0.2, -0.15) is 16.4 Å². The molecule has 3 N–H and O–H groups in total. The molecular formula is C29H24N6S. The van der Waals surface area contributed by atoms with Gasteiger partial charge in [0.15, 0.2) is 0 Å². The minimum absolute atomic E-state index is 0.563. The number of H-pyrrole nitrogens is 2. The third-order valence-electron chi connectivity index (χ3n) is 7.10. The lowest BCUT2D eigenvalue weighted by Gasteiger charge is -2.28. The Bertz CT molecular complexity index is 1720. The predicted octanol–water partition coefficient (Wildman–Crippen LogP) is 7.62. The third-order valence-corrected chi connectivity index (χ3v) is 7.78. The van der Waals surface area contributed by atoms with Crippen molar-refractivity contribution in [3.05, 3.63) is 84.0 Å². The molecule has 1 aliphatic carbocycles.